The number of nitrogens with one attached hydrogen (secondary N) is 1. The minimum Gasteiger partial charge on any atom is -0.480 e. The van der Waals surface area contributed by atoms with E-state index in [2.05, 4.69) is 10.3 Å². The first-order valence-electron chi connectivity index (χ1n) is 5.92. The third-order valence-corrected chi connectivity index (χ3v) is 2.08. The van der Waals surface area contributed by atoms with Crippen molar-refractivity contribution in [3.8, 4) is 0 Å². The molecule has 0 fully saturated rings. The first kappa shape index (κ1) is 15.2. The zero-order valence-corrected chi connectivity index (χ0v) is 11.3. The second kappa shape index (κ2) is 6.33. The Hall–Kier alpha value is -1.89. The van der Waals surface area contributed by atoms with E-state index in [0.717, 1.165) is 0 Å². The molecule has 1 heterocycles. The zero-order chi connectivity index (χ0) is 14.5. The lowest BCUT2D eigenvalue weighted by Crippen LogP contribution is -2.28. The summed E-state index contributed by atoms with van der Waals surface area (Å²) in [5.74, 6) is -0.706. The monoisotopic (exact) mass is 269 g/mol. The van der Waals surface area contributed by atoms with Crippen LogP contribution in [0.15, 0.2) is 12.4 Å². The molecule has 0 unspecified atom stereocenters. The predicted molar refractivity (Wildman–Crippen MR) is 67.4 cm³/mol. The van der Waals surface area contributed by atoms with Crippen molar-refractivity contribution in [3.63, 3.8) is 0 Å². The zero-order valence-electron chi connectivity index (χ0n) is 11.3. The topological polar surface area (TPSA) is 93.5 Å². The van der Waals surface area contributed by atoms with Crippen molar-refractivity contribution in [2.24, 2.45) is 0 Å². The number of carbonyl (C=O) groups excluding carboxylic acids is 1. The Labute approximate surface area is 111 Å². The van der Waals surface area contributed by atoms with Crippen LogP contribution in [0.2, 0.25) is 0 Å². The van der Waals surface area contributed by atoms with Crippen LogP contribution in [0.4, 0.5) is 0 Å². The molecule has 19 heavy (non-hydrogen) atoms. The number of carbonyl (C=O) groups is 2. The highest BCUT2D eigenvalue weighted by Crippen LogP contribution is 2.08. The summed E-state index contributed by atoms with van der Waals surface area (Å²) in [7, 11) is 0. The van der Waals surface area contributed by atoms with E-state index in [1.165, 1.54) is 0 Å². The number of ether oxygens (including phenoxy) is 1. The van der Waals surface area contributed by atoms with Crippen molar-refractivity contribution in [2.75, 3.05) is 6.54 Å². The fourth-order valence-electron chi connectivity index (χ4n) is 1.45. The van der Waals surface area contributed by atoms with Crippen LogP contribution in [0, 0.1) is 0 Å². The van der Waals surface area contributed by atoms with Gasteiger partial charge in [-0.15, -0.1) is 0 Å². The van der Waals surface area contributed by atoms with Crippen molar-refractivity contribution >= 4 is 11.9 Å². The largest absolute Gasteiger partial charge is 0.480 e. The highest BCUT2D eigenvalue weighted by molar-refractivity contribution is 5.70. The Bertz CT molecular complexity index is 448. The van der Waals surface area contributed by atoms with E-state index < -0.39 is 11.6 Å². The molecule has 0 saturated carbocycles. The fraction of sp³-hybridized carbons (Fsp3) is 0.583. The molecule has 0 aromatic carbocycles. The Morgan fingerprint density at radius 3 is 2.74 bits per heavy atom. The summed E-state index contributed by atoms with van der Waals surface area (Å²) in [6.45, 7) is 5.58. The van der Waals surface area contributed by atoms with E-state index in [4.69, 9.17) is 9.84 Å². The molecule has 2 N–H and O–H groups in total. The molecule has 106 valence electrons. The number of carboxylic acid groups (broad SMARTS) is 1. The van der Waals surface area contributed by atoms with Crippen LogP contribution in [0.25, 0.3) is 0 Å². The van der Waals surface area contributed by atoms with Gasteiger partial charge >= 0.3 is 11.9 Å². The molecule has 0 amide bonds. The van der Waals surface area contributed by atoms with Crippen LogP contribution in [0.3, 0.4) is 0 Å². The first-order chi connectivity index (χ1) is 8.78. The lowest BCUT2D eigenvalue weighted by molar-refractivity contribution is -0.155. The van der Waals surface area contributed by atoms with Gasteiger partial charge in [-0.2, -0.15) is 0 Å². The van der Waals surface area contributed by atoms with Gasteiger partial charge in [0, 0.05) is 12.4 Å². The second-order valence-electron chi connectivity index (χ2n) is 5.06. The van der Waals surface area contributed by atoms with Crippen molar-refractivity contribution in [1.82, 2.24) is 14.9 Å². The molecule has 0 bridgehead atoms. The van der Waals surface area contributed by atoms with Gasteiger partial charge in [0.2, 0.25) is 0 Å². The minimum atomic E-state index is -0.940. The Morgan fingerprint density at radius 1 is 1.47 bits per heavy atom. The molecule has 0 saturated heterocycles. The summed E-state index contributed by atoms with van der Waals surface area (Å²) in [6.07, 6.45) is 3.21. The third-order valence-electron chi connectivity index (χ3n) is 2.08. The lowest BCUT2D eigenvalue weighted by atomic mass is 10.2. The van der Waals surface area contributed by atoms with Gasteiger partial charge in [0.15, 0.2) is 0 Å². The summed E-state index contributed by atoms with van der Waals surface area (Å²) in [5, 5.41) is 11.2. The van der Waals surface area contributed by atoms with Gasteiger partial charge in [-0.1, -0.05) is 0 Å². The second-order valence-corrected chi connectivity index (χ2v) is 5.06. The van der Waals surface area contributed by atoms with Crippen molar-refractivity contribution < 1.29 is 19.4 Å². The number of hydrogen-bond acceptors (Lipinski definition) is 5. The molecule has 1 aromatic heterocycles. The van der Waals surface area contributed by atoms with E-state index in [-0.39, 0.29) is 25.6 Å². The molecule has 0 radical (unpaired) electrons. The van der Waals surface area contributed by atoms with E-state index in [1.54, 1.807) is 37.7 Å². The van der Waals surface area contributed by atoms with Gasteiger partial charge in [0.1, 0.15) is 18.0 Å². The van der Waals surface area contributed by atoms with Gasteiger partial charge in [-0.05, 0) is 20.8 Å². The Balaban J connectivity index is 2.53. The third kappa shape index (κ3) is 6.01. The summed E-state index contributed by atoms with van der Waals surface area (Å²) >= 11 is 0. The smallest absolute Gasteiger partial charge is 0.326 e. The minimum absolute atomic E-state index is 0.0569. The van der Waals surface area contributed by atoms with Crippen molar-refractivity contribution in [2.45, 2.75) is 39.5 Å². The predicted octanol–water partition coefficient (Wildman–Crippen LogP) is 0.399. The maximum atomic E-state index is 11.7. The number of esters is 1. The normalized spacial score (nSPS) is 11.3. The van der Waals surface area contributed by atoms with E-state index >= 15 is 0 Å². The molecular formula is C12H19N3O4. The molecule has 0 atom stereocenters. The van der Waals surface area contributed by atoms with Gasteiger partial charge in [-0.3, -0.25) is 14.9 Å². The molecule has 1 aromatic rings. The number of nitrogens with zero attached hydrogens (tertiary/aromatic N) is 2. The number of imidazole rings is 1. The number of aliphatic carboxylic acids is 1. The standard InChI is InChI=1S/C12H19N3O4/c1-12(2,3)19-11(18)8-15-5-4-14-9(15)6-13-7-10(16)17/h4-5,13H,6-8H2,1-3H3,(H,16,17). The van der Waals surface area contributed by atoms with Crippen LogP contribution in [-0.4, -0.2) is 38.7 Å². The maximum absolute atomic E-state index is 11.7. The molecule has 7 heteroatoms. The number of rotatable bonds is 6. The molecule has 0 aliphatic rings. The van der Waals surface area contributed by atoms with Gasteiger partial charge in [0.05, 0.1) is 13.1 Å². The lowest BCUT2D eigenvalue weighted by Gasteiger charge is -2.20. The van der Waals surface area contributed by atoms with Crippen LogP contribution < -0.4 is 5.32 Å². The first-order valence-corrected chi connectivity index (χ1v) is 5.92. The summed E-state index contributed by atoms with van der Waals surface area (Å²) in [6, 6.07) is 0. The van der Waals surface area contributed by atoms with E-state index in [1.807, 2.05) is 0 Å². The quantitative estimate of drug-likeness (QED) is 0.726. The summed E-state index contributed by atoms with van der Waals surface area (Å²) in [4.78, 5) is 26.1. The van der Waals surface area contributed by atoms with Gasteiger partial charge in [0.25, 0.3) is 0 Å². The summed E-state index contributed by atoms with van der Waals surface area (Å²) < 4.78 is 6.83. The van der Waals surface area contributed by atoms with Gasteiger partial charge < -0.3 is 14.4 Å². The highest BCUT2D eigenvalue weighted by Gasteiger charge is 2.17. The fourth-order valence-corrected chi connectivity index (χ4v) is 1.45. The van der Waals surface area contributed by atoms with E-state index in [9.17, 15) is 9.59 Å². The molecule has 0 aliphatic heterocycles. The van der Waals surface area contributed by atoms with Crippen LogP contribution in [0.1, 0.15) is 26.6 Å². The molecule has 1 rings (SSSR count). The van der Waals surface area contributed by atoms with Crippen LogP contribution in [-0.2, 0) is 27.4 Å². The highest BCUT2D eigenvalue weighted by atomic mass is 16.6. The van der Waals surface area contributed by atoms with Crippen molar-refractivity contribution in [3.05, 3.63) is 18.2 Å². The maximum Gasteiger partial charge on any atom is 0.326 e. The molecule has 7 nitrogen and oxygen atoms in total. The Morgan fingerprint density at radius 2 is 2.16 bits per heavy atom. The molecular weight excluding hydrogens is 250 g/mol. The van der Waals surface area contributed by atoms with Crippen LogP contribution in [0.5, 0.6) is 0 Å². The van der Waals surface area contributed by atoms with E-state index in [0.29, 0.717) is 5.82 Å². The number of hydrogen-bond donors (Lipinski definition) is 2. The Kier molecular flexibility index (Phi) is 5.05. The SMILES string of the molecule is CC(C)(C)OC(=O)Cn1ccnc1CNCC(=O)O. The average Bonchev–Trinajstić information content (AvgIpc) is 2.62. The number of carboxylic acids is 1. The average molecular weight is 269 g/mol. The molecule has 0 spiro atoms. The number of aromatic nitrogens is 2. The van der Waals surface area contributed by atoms with Crippen LogP contribution >= 0.6 is 0 Å². The van der Waals surface area contributed by atoms with Gasteiger partial charge in [-0.25, -0.2) is 4.98 Å². The van der Waals surface area contributed by atoms with Crippen molar-refractivity contribution in [1.29, 1.82) is 0 Å². The molecule has 0 aliphatic carbocycles. The summed E-state index contributed by atoms with van der Waals surface area (Å²) in [5.41, 5.74) is -0.528.